The van der Waals surface area contributed by atoms with Crippen LogP contribution in [0.15, 0.2) is 30.6 Å². The van der Waals surface area contributed by atoms with Crippen molar-refractivity contribution in [1.29, 1.82) is 0 Å². The van der Waals surface area contributed by atoms with E-state index < -0.39 is 5.97 Å². The Labute approximate surface area is 121 Å². The summed E-state index contributed by atoms with van der Waals surface area (Å²) >= 11 is 6.03. The maximum absolute atomic E-state index is 11.0. The van der Waals surface area contributed by atoms with E-state index in [-0.39, 0.29) is 0 Å². The molecule has 0 bridgehead atoms. The van der Waals surface area contributed by atoms with Gasteiger partial charge in [-0.2, -0.15) is 0 Å². The first-order valence-electron chi connectivity index (χ1n) is 5.78. The molecule has 0 aliphatic rings. The van der Waals surface area contributed by atoms with Crippen molar-refractivity contribution < 1.29 is 9.53 Å². The number of anilines is 1. The molecule has 1 N–H and O–H groups in total. The van der Waals surface area contributed by atoms with Crippen LogP contribution in [0.2, 0.25) is 5.02 Å². The fraction of sp³-hybridized carbons (Fsp3) is 0.154. The van der Waals surface area contributed by atoms with Gasteiger partial charge in [0.2, 0.25) is 0 Å². The molecule has 6 nitrogen and oxygen atoms in total. The fourth-order valence-electron chi connectivity index (χ4n) is 1.55. The van der Waals surface area contributed by atoms with E-state index in [0.29, 0.717) is 10.8 Å². The van der Waals surface area contributed by atoms with E-state index in [1.165, 1.54) is 30.4 Å². The van der Waals surface area contributed by atoms with Crippen LogP contribution in [0.5, 0.6) is 0 Å². The Morgan fingerprint density at radius 3 is 2.95 bits per heavy atom. The van der Waals surface area contributed by atoms with Crippen LogP contribution in [0.1, 0.15) is 0 Å². The van der Waals surface area contributed by atoms with Crippen molar-refractivity contribution in [2.45, 2.75) is 0 Å². The number of esters is 1. The predicted octanol–water partition coefficient (Wildman–Crippen LogP) is 2.28. The lowest BCUT2D eigenvalue weighted by Crippen LogP contribution is -1.96. The van der Waals surface area contributed by atoms with E-state index in [0.717, 1.165) is 11.3 Å². The van der Waals surface area contributed by atoms with Gasteiger partial charge in [-0.3, -0.25) is 0 Å². The normalized spacial score (nSPS) is 10.8. The Morgan fingerprint density at radius 2 is 2.25 bits per heavy atom. The first-order valence-corrected chi connectivity index (χ1v) is 6.16. The van der Waals surface area contributed by atoms with Gasteiger partial charge in [0.1, 0.15) is 6.33 Å². The molecule has 0 atom stereocenters. The molecule has 0 fully saturated rings. The third-order valence-corrected chi connectivity index (χ3v) is 2.74. The molecule has 1 aromatic heterocycles. The van der Waals surface area contributed by atoms with Crippen LogP contribution in [0.25, 0.3) is 17.6 Å². The minimum atomic E-state index is -0.456. The van der Waals surface area contributed by atoms with Gasteiger partial charge >= 0.3 is 5.97 Å². The predicted molar refractivity (Wildman–Crippen MR) is 77.4 cm³/mol. The Kier molecular flexibility index (Phi) is 4.37. The van der Waals surface area contributed by atoms with Crippen molar-refractivity contribution in [3.05, 3.63) is 35.6 Å². The standard InChI is InChI=1S/C13H13ClN4O2/c1-15-11-6-9(5-10(14)7-11)13-16-8-18(17-13)4-3-12(19)20-2/h3-8,15H,1-2H3/b4-3-. The first-order chi connectivity index (χ1) is 9.62. The quantitative estimate of drug-likeness (QED) is 0.691. The molecule has 2 rings (SSSR count). The number of benzene rings is 1. The maximum atomic E-state index is 11.0. The number of carbonyl (C=O) groups is 1. The molecule has 0 spiro atoms. The van der Waals surface area contributed by atoms with E-state index in [4.69, 9.17) is 11.6 Å². The van der Waals surface area contributed by atoms with Crippen molar-refractivity contribution in [1.82, 2.24) is 14.8 Å². The summed E-state index contributed by atoms with van der Waals surface area (Å²) in [6, 6.07) is 5.46. The van der Waals surface area contributed by atoms with E-state index in [1.54, 1.807) is 19.2 Å². The van der Waals surface area contributed by atoms with Crippen molar-refractivity contribution in [2.24, 2.45) is 0 Å². The molecular weight excluding hydrogens is 280 g/mol. The highest BCUT2D eigenvalue weighted by molar-refractivity contribution is 6.31. The Balaban J connectivity index is 2.26. The second-order valence-corrected chi connectivity index (χ2v) is 4.30. The molecule has 0 aliphatic carbocycles. The van der Waals surface area contributed by atoms with Gasteiger partial charge in [-0.15, -0.1) is 5.10 Å². The van der Waals surface area contributed by atoms with Gasteiger partial charge in [-0.05, 0) is 18.2 Å². The van der Waals surface area contributed by atoms with E-state index in [9.17, 15) is 4.79 Å². The number of ether oxygens (including phenoxy) is 1. The number of rotatable bonds is 4. The zero-order valence-corrected chi connectivity index (χ0v) is 11.8. The highest BCUT2D eigenvalue weighted by Gasteiger charge is 2.06. The zero-order valence-electron chi connectivity index (χ0n) is 11.0. The molecule has 20 heavy (non-hydrogen) atoms. The van der Waals surface area contributed by atoms with Crippen molar-refractivity contribution in [3.63, 3.8) is 0 Å². The summed E-state index contributed by atoms with van der Waals surface area (Å²) in [5.74, 6) is 0.0563. The van der Waals surface area contributed by atoms with Crippen molar-refractivity contribution in [2.75, 3.05) is 19.5 Å². The second kappa shape index (κ2) is 6.21. The van der Waals surface area contributed by atoms with Crippen molar-refractivity contribution in [3.8, 4) is 11.4 Å². The lowest BCUT2D eigenvalue weighted by Gasteiger charge is -2.03. The molecule has 0 aliphatic heterocycles. The molecule has 0 unspecified atom stereocenters. The molecule has 1 heterocycles. The third-order valence-electron chi connectivity index (χ3n) is 2.52. The zero-order chi connectivity index (χ0) is 14.5. The lowest BCUT2D eigenvalue weighted by atomic mass is 10.2. The van der Waals surface area contributed by atoms with Crippen LogP contribution in [-0.4, -0.2) is 34.9 Å². The van der Waals surface area contributed by atoms with Crippen LogP contribution < -0.4 is 5.32 Å². The molecule has 1 aromatic carbocycles. The monoisotopic (exact) mass is 292 g/mol. The summed E-state index contributed by atoms with van der Waals surface area (Å²) in [4.78, 5) is 15.2. The smallest absolute Gasteiger partial charge is 0.332 e. The van der Waals surface area contributed by atoms with Gasteiger partial charge < -0.3 is 10.1 Å². The molecule has 7 heteroatoms. The van der Waals surface area contributed by atoms with E-state index in [1.807, 2.05) is 6.07 Å². The van der Waals surface area contributed by atoms with Crippen LogP contribution >= 0.6 is 11.6 Å². The number of hydrogen-bond acceptors (Lipinski definition) is 5. The summed E-state index contributed by atoms with van der Waals surface area (Å²) in [6.45, 7) is 0. The van der Waals surface area contributed by atoms with Crippen LogP contribution in [0.4, 0.5) is 5.69 Å². The molecule has 0 amide bonds. The largest absolute Gasteiger partial charge is 0.466 e. The minimum Gasteiger partial charge on any atom is -0.466 e. The van der Waals surface area contributed by atoms with Crippen molar-refractivity contribution >= 4 is 29.5 Å². The molecule has 0 saturated carbocycles. The average molecular weight is 293 g/mol. The van der Waals surface area contributed by atoms with Crippen LogP contribution in [0, 0.1) is 0 Å². The fourth-order valence-corrected chi connectivity index (χ4v) is 1.78. The van der Waals surface area contributed by atoms with E-state index in [2.05, 4.69) is 20.1 Å². The molecule has 2 aromatic rings. The summed E-state index contributed by atoms with van der Waals surface area (Å²) in [5.41, 5.74) is 1.65. The van der Waals surface area contributed by atoms with Crippen LogP contribution in [0.3, 0.4) is 0 Å². The molecule has 0 saturated heterocycles. The lowest BCUT2D eigenvalue weighted by molar-refractivity contribution is -0.134. The van der Waals surface area contributed by atoms with Gasteiger partial charge in [0.05, 0.1) is 7.11 Å². The molecular formula is C13H13ClN4O2. The van der Waals surface area contributed by atoms with Gasteiger partial charge in [0.15, 0.2) is 5.82 Å². The number of aromatic nitrogens is 3. The maximum Gasteiger partial charge on any atom is 0.332 e. The number of halogens is 1. The summed E-state index contributed by atoms with van der Waals surface area (Å²) < 4.78 is 5.92. The van der Waals surface area contributed by atoms with Crippen LogP contribution in [-0.2, 0) is 9.53 Å². The first kappa shape index (κ1) is 14.1. The van der Waals surface area contributed by atoms with Gasteiger partial charge in [0, 0.05) is 35.6 Å². The number of hydrogen-bond donors (Lipinski definition) is 1. The average Bonchev–Trinajstić information content (AvgIpc) is 2.92. The summed E-state index contributed by atoms with van der Waals surface area (Å²) in [7, 11) is 3.12. The highest BCUT2D eigenvalue weighted by atomic mass is 35.5. The number of nitrogens with one attached hydrogen (secondary N) is 1. The van der Waals surface area contributed by atoms with E-state index >= 15 is 0 Å². The highest BCUT2D eigenvalue weighted by Crippen LogP contribution is 2.24. The van der Waals surface area contributed by atoms with Gasteiger partial charge in [0.25, 0.3) is 0 Å². The van der Waals surface area contributed by atoms with Gasteiger partial charge in [-0.1, -0.05) is 11.6 Å². The Hall–Kier alpha value is -2.34. The number of carbonyl (C=O) groups excluding carboxylic acids is 1. The molecule has 0 radical (unpaired) electrons. The summed E-state index contributed by atoms with van der Waals surface area (Å²) in [6.07, 6.45) is 4.22. The van der Waals surface area contributed by atoms with Gasteiger partial charge in [-0.25, -0.2) is 14.5 Å². The Morgan fingerprint density at radius 1 is 1.45 bits per heavy atom. The topological polar surface area (TPSA) is 69.0 Å². The SMILES string of the molecule is CNc1cc(Cl)cc(-c2ncn(/C=C\C(=O)OC)n2)c1. The summed E-state index contributed by atoms with van der Waals surface area (Å²) in [5, 5.41) is 7.83. The number of nitrogens with zero attached hydrogens (tertiary/aromatic N) is 3. The Bertz CT molecular complexity index is 652. The minimum absolute atomic E-state index is 0.456. The number of methoxy groups -OCH3 is 1. The third kappa shape index (κ3) is 3.36. The molecule has 104 valence electrons. The second-order valence-electron chi connectivity index (χ2n) is 3.87.